The molecule has 1 nitrogen and oxygen atoms in total. The van der Waals surface area contributed by atoms with Gasteiger partial charge in [0.2, 0.25) is 0 Å². The molecule has 5 aromatic rings. The van der Waals surface area contributed by atoms with E-state index in [2.05, 4.69) is 164 Å². The summed E-state index contributed by atoms with van der Waals surface area (Å²) >= 11 is 0. The van der Waals surface area contributed by atoms with Crippen LogP contribution in [0.4, 0.5) is 17.1 Å². The summed E-state index contributed by atoms with van der Waals surface area (Å²) in [6, 6.07) is 45.1. The highest BCUT2D eigenvalue weighted by atomic mass is 15.1. The second-order valence-corrected chi connectivity index (χ2v) is 12.3. The number of rotatable bonds is 7. The molecule has 0 fully saturated rings. The topological polar surface area (TPSA) is 3.24 Å². The predicted molar refractivity (Wildman–Crippen MR) is 191 cm³/mol. The Bertz CT molecular complexity index is 2020. The summed E-state index contributed by atoms with van der Waals surface area (Å²) in [4.78, 5) is 2.40. The number of para-hydroxylation sites is 1. The van der Waals surface area contributed by atoms with E-state index in [0.717, 1.165) is 37.1 Å². The summed E-state index contributed by atoms with van der Waals surface area (Å²) < 4.78 is 0. The quantitative estimate of drug-likeness (QED) is 0.173. The van der Waals surface area contributed by atoms with Gasteiger partial charge in [-0.05, 0) is 125 Å². The minimum absolute atomic E-state index is 0.282. The lowest BCUT2D eigenvalue weighted by Crippen LogP contribution is -2.28. The molecule has 0 amide bonds. The highest BCUT2D eigenvalue weighted by Gasteiger charge is 2.52. The second kappa shape index (κ2) is 11.1. The van der Waals surface area contributed by atoms with Gasteiger partial charge in [0.1, 0.15) is 0 Å². The number of anilines is 3. The number of fused-ring (bicyclic) bond motifs is 9. The molecule has 1 spiro atoms. The number of benzene rings is 5. The van der Waals surface area contributed by atoms with E-state index in [-0.39, 0.29) is 5.41 Å². The molecular formula is C44H37N. The molecule has 0 bridgehead atoms. The number of hydrogen-bond donors (Lipinski definition) is 0. The molecule has 45 heavy (non-hydrogen) atoms. The van der Waals surface area contributed by atoms with Crippen molar-refractivity contribution in [3.8, 4) is 11.1 Å². The van der Waals surface area contributed by atoms with Gasteiger partial charge in [-0.1, -0.05) is 116 Å². The number of allylic oxidation sites excluding steroid dienone is 7. The predicted octanol–water partition coefficient (Wildman–Crippen LogP) is 12.0. The lowest BCUT2D eigenvalue weighted by atomic mass is 9.68. The van der Waals surface area contributed by atoms with Crippen LogP contribution in [0.3, 0.4) is 0 Å². The third-order valence-electron chi connectivity index (χ3n) is 9.93. The SMILES string of the molecule is C=C(CC/C=C\C)c1ccc(N(c2ccccc2)c2ccc3c(c2)C2(C4=C(C=CCC4)c4ccccc42)c2ccccc2-3)cc1. The molecule has 3 aliphatic rings. The molecule has 1 atom stereocenters. The fourth-order valence-corrected chi connectivity index (χ4v) is 7.97. The zero-order chi connectivity index (χ0) is 30.4. The molecule has 0 aliphatic heterocycles. The van der Waals surface area contributed by atoms with Crippen molar-refractivity contribution in [2.75, 3.05) is 4.90 Å². The average Bonchev–Trinajstić information content (AvgIpc) is 3.56. The van der Waals surface area contributed by atoms with Crippen molar-refractivity contribution in [3.05, 3.63) is 186 Å². The van der Waals surface area contributed by atoms with Gasteiger partial charge in [0, 0.05) is 17.1 Å². The van der Waals surface area contributed by atoms with Gasteiger partial charge >= 0.3 is 0 Å². The van der Waals surface area contributed by atoms with Crippen molar-refractivity contribution in [1.29, 1.82) is 0 Å². The summed E-state index contributed by atoms with van der Waals surface area (Å²) in [5.41, 5.74) is 16.8. The standard InChI is InChI=1S/C44H37N/c1-3-4-6-15-31(2)32-24-26-34(27-25-32)45(33-16-7-5-8-17-33)35-28-29-39-38-20-11-14-23-42(38)44(43(39)30-35)40-21-12-9-18-36(40)37-19-10-13-22-41(37)44/h3-5,7-12,14,16-21,23-30H,2,6,13,15,22H2,1H3/b4-3-. The van der Waals surface area contributed by atoms with Gasteiger partial charge in [-0.2, -0.15) is 0 Å². The molecule has 0 N–H and O–H groups in total. The van der Waals surface area contributed by atoms with Crippen molar-refractivity contribution >= 4 is 28.2 Å². The van der Waals surface area contributed by atoms with Crippen LogP contribution in [0.15, 0.2) is 158 Å². The van der Waals surface area contributed by atoms with Crippen LogP contribution in [0.2, 0.25) is 0 Å². The summed E-state index contributed by atoms with van der Waals surface area (Å²) in [6.07, 6.45) is 13.2. The molecule has 0 saturated heterocycles. The Morgan fingerprint density at radius 3 is 2.13 bits per heavy atom. The Morgan fingerprint density at radius 1 is 0.711 bits per heavy atom. The highest BCUT2D eigenvalue weighted by molar-refractivity contribution is 5.98. The van der Waals surface area contributed by atoms with E-state index in [1.54, 1.807) is 5.57 Å². The van der Waals surface area contributed by atoms with Gasteiger partial charge in [-0.15, -0.1) is 0 Å². The molecule has 218 valence electrons. The van der Waals surface area contributed by atoms with Crippen LogP contribution < -0.4 is 4.90 Å². The molecule has 1 unspecified atom stereocenters. The molecule has 0 heterocycles. The third kappa shape index (κ3) is 4.22. The van der Waals surface area contributed by atoms with Crippen LogP contribution in [-0.2, 0) is 5.41 Å². The van der Waals surface area contributed by atoms with Crippen molar-refractivity contribution in [3.63, 3.8) is 0 Å². The smallest absolute Gasteiger partial charge is 0.0689 e. The molecule has 0 saturated carbocycles. The van der Waals surface area contributed by atoms with Crippen molar-refractivity contribution in [2.24, 2.45) is 0 Å². The Hall–Kier alpha value is -5.14. The van der Waals surface area contributed by atoms with Crippen LogP contribution in [0.1, 0.15) is 60.4 Å². The summed E-state index contributed by atoms with van der Waals surface area (Å²) in [5.74, 6) is 0. The van der Waals surface area contributed by atoms with Gasteiger partial charge in [-0.3, -0.25) is 0 Å². The van der Waals surface area contributed by atoms with Gasteiger partial charge < -0.3 is 4.90 Å². The molecule has 1 heteroatoms. The lowest BCUT2D eigenvalue weighted by Gasteiger charge is -2.34. The van der Waals surface area contributed by atoms with Crippen LogP contribution in [-0.4, -0.2) is 0 Å². The fourth-order valence-electron chi connectivity index (χ4n) is 7.97. The van der Waals surface area contributed by atoms with Gasteiger partial charge in [0.15, 0.2) is 0 Å². The lowest BCUT2D eigenvalue weighted by molar-refractivity contribution is 0.714. The molecular weight excluding hydrogens is 542 g/mol. The Balaban J connectivity index is 1.31. The third-order valence-corrected chi connectivity index (χ3v) is 9.93. The maximum Gasteiger partial charge on any atom is 0.0689 e. The Labute approximate surface area is 267 Å². The minimum atomic E-state index is -0.282. The van der Waals surface area contributed by atoms with E-state index in [4.69, 9.17) is 0 Å². The maximum absolute atomic E-state index is 4.38. The first-order chi connectivity index (χ1) is 22.2. The van der Waals surface area contributed by atoms with Crippen LogP contribution >= 0.6 is 0 Å². The Morgan fingerprint density at radius 2 is 1.36 bits per heavy atom. The summed E-state index contributed by atoms with van der Waals surface area (Å²) in [7, 11) is 0. The first-order valence-electron chi connectivity index (χ1n) is 16.2. The van der Waals surface area contributed by atoms with Crippen molar-refractivity contribution in [1.82, 2.24) is 0 Å². The number of hydrogen-bond acceptors (Lipinski definition) is 1. The first-order valence-corrected chi connectivity index (χ1v) is 16.2. The highest BCUT2D eigenvalue weighted by Crippen LogP contribution is 2.64. The van der Waals surface area contributed by atoms with E-state index < -0.39 is 0 Å². The van der Waals surface area contributed by atoms with Crippen molar-refractivity contribution in [2.45, 2.75) is 38.0 Å². The fraction of sp³-hybridized carbons (Fsp3) is 0.136. The Kier molecular flexibility index (Phi) is 6.76. The van der Waals surface area contributed by atoms with Crippen LogP contribution in [0.25, 0.3) is 22.3 Å². The largest absolute Gasteiger partial charge is 0.310 e. The zero-order valence-corrected chi connectivity index (χ0v) is 25.8. The summed E-state index contributed by atoms with van der Waals surface area (Å²) in [6.45, 7) is 6.45. The monoisotopic (exact) mass is 579 g/mol. The molecule has 8 rings (SSSR count). The van der Waals surface area contributed by atoms with Crippen LogP contribution in [0.5, 0.6) is 0 Å². The van der Waals surface area contributed by atoms with E-state index in [1.165, 1.54) is 55.8 Å². The maximum atomic E-state index is 4.38. The molecule has 0 radical (unpaired) electrons. The van der Waals surface area contributed by atoms with E-state index >= 15 is 0 Å². The minimum Gasteiger partial charge on any atom is -0.310 e. The molecule has 0 aromatic heterocycles. The van der Waals surface area contributed by atoms with Crippen molar-refractivity contribution < 1.29 is 0 Å². The van der Waals surface area contributed by atoms with Gasteiger partial charge in [0.05, 0.1) is 5.41 Å². The molecule has 5 aromatic carbocycles. The normalized spacial score (nSPS) is 17.4. The van der Waals surface area contributed by atoms with Gasteiger partial charge in [0.25, 0.3) is 0 Å². The van der Waals surface area contributed by atoms with E-state index in [1.807, 2.05) is 0 Å². The zero-order valence-electron chi connectivity index (χ0n) is 25.8. The first kappa shape index (κ1) is 27.4. The van der Waals surface area contributed by atoms with E-state index in [0.29, 0.717) is 0 Å². The second-order valence-electron chi connectivity index (χ2n) is 12.3. The average molecular weight is 580 g/mol. The summed E-state index contributed by atoms with van der Waals surface area (Å²) in [5, 5.41) is 0. The van der Waals surface area contributed by atoms with E-state index in [9.17, 15) is 0 Å². The van der Waals surface area contributed by atoms with Crippen LogP contribution in [0, 0.1) is 0 Å². The number of nitrogens with zero attached hydrogens (tertiary/aromatic N) is 1. The molecule has 3 aliphatic carbocycles. The van der Waals surface area contributed by atoms with Gasteiger partial charge in [-0.25, -0.2) is 0 Å².